The predicted molar refractivity (Wildman–Crippen MR) is 113 cm³/mol. The molecule has 2 saturated heterocycles. The lowest BCUT2D eigenvalue weighted by molar-refractivity contribution is -0.128. The van der Waals surface area contributed by atoms with Crippen LogP contribution in [0.1, 0.15) is 17.5 Å². The minimum atomic E-state index is -0.440. The Morgan fingerprint density at radius 2 is 1.90 bits per heavy atom. The van der Waals surface area contributed by atoms with Gasteiger partial charge >= 0.3 is 0 Å². The normalized spacial score (nSPS) is 19.3. The van der Waals surface area contributed by atoms with Crippen molar-refractivity contribution in [1.82, 2.24) is 4.90 Å². The van der Waals surface area contributed by atoms with Gasteiger partial charge in [-0.3, -0.25) is 9.59 Å². The van der Waals surface area contributed by atoms with Crippen molar-refractivity contribution in [3.05, 3.63) is 59.4 Å². The Balaban J connectivity index is 1.36. The van der Waals surface area contributed by atoms with Crippen LogP contribution in [-0.4, -0.2) is 49.6 Å². The molecule has 1 atom stereocenters. The number of halogens is 1. The number of aryl methyl sites for hydroxylation is 1. The highest BCUT2D eigenvalue weighted by molar-refractivity contribution is 5.97. The highest BCUT2D eigenvalue weighted by Gasteiger charge is 2.34. The Kier molecular flexibility index (Phi) is 5.99. The minimum Gasteiger partial charge on any atom is -0.378 e. The summed E-state index contributed by atoms with van der Waals surface area (Å²) in [7, 11) is 0. The average molecular weight is 411 g/mol. The van der Waals surface area contributed by atoms with E-state index < -0.39 is 5.92 Å². The van der Waals surface area contributed by atoms with Gasteiger partial charge in [0.15, 0.2) is 0 Å². The molecular weight excluding hydrogens is 385 g/mol. The van der Waals surface area contributed by atoms with Gasteiger partial charge in [0.2, 0.25) is 11.8 Å². The largest absolute Gasteiger partial charge is 0.378 e. The molecule has 0 saturated carbocycles. The van der Waals surface area contributed by atoms with Crippen LogP contribution in [0.15, 0.2) is 42.5 Å². The van der Waals surface area contributed by atoms with Crippen LogP contribution in [0.5, 0.6) is 0 Å². The summed E-state index contributed by atoms with van der Waals surface area (Å²) in [5.41, 5.74) is 3.11. The van der Waals surface area contributed by atoms with Crippen molar-refractivity contribution in [2.24, 2.45) is 5.92 Å². The van der Waals surface area contributed by atoms with E-state index in [1.807, 2.05) is 36.1 Å². The van der Waals surface area contributed by atoms with Crippen molar-refractivity contribution < 1.29 is 18.7 Å². The van der Waals surface area contributed by atoms with Gasteiger partial charge in [-0.15, -0.1) is 0 Å². The molecule has 30 heavy (non-hydrogen) atoms. The molecule has 4 rings (SSSR count). The Labute approximate surface area is 175 Å². The number of nitrogens with one attached hydrogen (secondary N) is 1. The Hall–Kier alpha value is -2.93. The molecule has 0 bridgehead atoms. The number of ether oxygens (including phenoxy) is 1. The summed E-state index contributed by atoms with van der Waals surface area (Å²) in [6.07, 6.45) is 0.173. The second-order valence-corrected chi connectivity index (χ2v) is 7.92. The van der Waals surface area contributed by atoms with Crippen molar-refractivity contribution in [2.45, 2.75) is 19.9 Å². The Morgan fingerprint density at radius 1 is 1.17 bits per heavy atom. The van der Waals surface area contributed by atoms with Crippen molar-refractivity contribution >= 4 is 23.2 Å². The standard InChI is InChI=1S/C23H26FN3O3/c1-16-2-4-17(5-3-16)14-27-15-18(12-22(27)28)23(29)25-19-6-7-21(20(24)13-19)26-8-10-30-11-9-26/h2-7,13,18H,8-12,14-15H2,1H3,(H,25,29). The van der Waals surface area contributed by atoms with Crippen molar-refractivity contribution in [2.75, 3.05) is 43.1 Å². The van der Waals surface area contributed by atoms with Gasteiger partial charge in [0.05, 0.1) is 24.8 Å². The van der Waals surface area contributed by atoms with Crippen LogP contribution in [0, 0.1) is 18.7 Å². The number of amides is 2. The summed E-state index contributed by atoms with van der Waals surface area (Å²) in [6.45, 7) is 5.31. The zero-order valence-corrected chi connectivity index (χ0v) is 17.1. The van der Waals surface area contributed by atoms with Gasteiger partial charge in [0.1, 0.15) is 5.82 Å². The highest BCUT2D eigenvalue weighted by Crippen LogP contribution is 2.26. The monoisotopic (exact) mass is 411 g/mol. The van der Waals surface area contributed by atoms with Crippen LogP contribution in [0.25, 0.3) is 0 Å². The maximum absolute atomic E-state index is 14.6. The van der Waals surface area contributed by atoms with E-state index >= 15 is 0 Å². The topological polar surface area (TPSA) is 61.9 Å². The minimum absolute atomic E-state index is 0.0374. The number of rotatable bonds is 5. The Bertz CT molecular complexity index is 926. The molecule has 2 aliphatic heterocycles. The molecule has 2 fully saturated rings. The molecule has 6 nitrogen and oxygen atoms in total. The average Bonchev–Trinajstić information content (AvgIpc) is 3.11. The molecule has 0 spiro atoms. The van der Waals surface area contributed by atoms with E-state index in [-0.39, 0.29) is 24.1 Å². The number of anilines is 2. The number of carbonyl (C=O) groups excluding carboxylic acids is 2. The van der Waals surface area contributed by atoms with Crippen LogP contribution < -0.4 is 10.2 Å². The quantitative estimate of drug-likeness (QED) is 0.822. The van der Waals surface area contributed by atoms with E-state index in [2.05, 4.69) is 5.32 Å². The molecule has 1 N–H and O–H groups in total. The van der Waals surface area contributed by atoms with Crippen LogP contribution in [-0.2, 0) is 20.9 Å². The maximum atomic E-state index is 14.6. The number of hydrogen-bond donors (Lipinski definition) is 1. The van der Waals surface area contributed by atoms with Crippen LogP contribution >= 0.6 is 0 Å². The second kappa shape index (κ2) is 8.83. The third-order valence-corrected chi connectivity index (χ3v) is 5.65. The molecule has 7 heteroatoms. The lowest BCUT2D eigenvalue weighted by Gasteiger charge is -2.29. The summed E-state index contributed by atoms with van der Waals surface area (Å²) < 4.78 is 19.9. The van der Waals surface area contributed by atoms with E-state index in [9.17, 15) is 14.0 Å². The first kappa shape index (κ1) is 20.3. The zero-order valence-electron chi connectivity index (χ0n) is 17.1. The first-order valence-corrected chi connectivity index (χ1v) is 10.3. The smallest absolute Gasteiger partial charge is 0.229 e. The van der Waals surface area contributed by atoms with E-state index in [1.54, 1.807) is 17.0 Å². The van der Waals surface area contributed by atoms with Crippen LogP contribution in [0.3, 0.4) is 0 Å². The maximum Gasteiger partial charge on any atom is 0.229 e. The van der Waals surface area contributed by atoms with E-state index in [1.165, 1.54) is 6.07 Å². The predicted octanol–water partition coefficient (Wildman–Crippen LogP) is 2.96. The Morgan fingerprint density at radius 3 is 2.60 bits per heavy atom. The summed E-state index contributed by atoms with van der Waals surface area (Å²) >= 11 is 0. The van der Waals surface area contributed by atoms with E-state index in [4.69, 9.17) is 4.74 Å². The number of carbonyl (C=O) groups is 2. The SMILES string of the molecule is Cc1ccc(CN2CC(C(=O)Nc3ccc(N4CCOCC4)c(F)c3)CC2=O)cc1. The molecule has 2 aromatic rings. The lowest BCUT2D eigenvalue weighted by atomic mass is 10.1. The summed E-state index contributed by atoms with van der Waals surface area (Å²) in [6, 6.07) is 12.7. The molecule has 0 radical (unpaired) electrons. The fourth-order valence-electron chi connectivity index (χ4n) is 3.90. The van der Waals surface area contributed by atoms with Gasteiger partial charge in [-0.2, -0.15) is 0 Å². The lowest BCUT2D eigenvalue weighted by Crippen LogP contribution is -2.36. The number of benzene rings is 2. The van der Waals surface area contributed by atoms with Crippen molar-refractivity contribution in [3.8, 4) is 0 Å². The number of hydrogen-bond acceptors (Lipinski definition) is 4. The molecular formula is C23H26FN3O3. The van der Waals surface area contributed by atoms with Gasteiger partial charge < -0.3 is 19.9 Å². The zero-order chi connectivity index (χ0) is 21.1. The van der Waals surface area contributed by atoms with Crippen LogP contribution in [0.2, 0.25) is 0 Å². The van der Waals surface area contributed by atoms with Crippen molar-refractivity contribution in [1.29, 1.82) is 0 Å². The number of morpholine rings is 1. The molecule has 2 aliphatic rings. The summed E-state index contributed by atoms with van der Waals surface area (Å²) in [5.74, 6) is -1.11. The molecule has 158 valence electrons. The second-order valence-electron chi connectivity index (χ2n) is 7.92. The molecule has 0 aromatic heterocycles. The molecule has 0 aliphatic carbocycles. The van der Waals surface area contributed by atoms with Gasteiger partial charge in [-0.1, -0.05) is 29.8 Å². The van der Waals surface area contributed by atoms with Gasteiger partial charge in [0, 0.05) is 38.3 Å². The summed E-state index contributed by atoms with van der Waals surface area (Å²) in [5, 5.41) is 2.77. The van der Waals surface area contributed by atoms with E-state index in [0.29, 0.717) is 50.8 Å². The fourth-order valence-corrected chi connectivity index (χ4v) is 3.90. The van der Waals surface area contributed by atoms with Gasteiger partial charge in [0.25, 0.3) is 0 Å². The first-order valence-electron chi connectivity index (χ1n) is 10.3. The third-order valence-electron chi connectivity index (χ3n) is 5.65. The molecule has 2 aromatic carbocycles. The summed E-state index contributed by atoms with van der Waals surface area (Å²) in [4.78, 5) is 28.7. The van der Waals surface area contributed by atoms with E-state index in [0.717, 1.165) is 11.1 Å². The molecule has 2 amide bonds. The number of nitrogens with zero attached hydrogens (tertiary/aromatic N) is 2. The first-order chi connectivity index (χ1) is 14.5. The number of likely N-dealkylation sites (tertiary alicyclic amines) is 1. The fraction of sp³-hybridized carbons (Fsp3) is 0.391. The third kappa shape index (κ3) is 4.62. The van der Waals surface area contributed by atoms with Gasteiger partial charge in [-0.05, 0) is 30.7 Å². The molecule has 2 heterocycles. The molecule has 1 unspecified atom stereocenters. The van der Waals surface area contributed by atoms with Gasteiger partial charge in [-0.25, -0.2) is 4.39 Å². The highest BCUT2D eigenvalue weighted by atomic mass is 19.1. The van der Waals surface area contributed by atoms with Crippen LogP contribution in [0.4, 0.5) is 15.8 Å². The van der Waals surface area contributed by atoms with Crippen molar-refractivity contribution in [3.63, 3.8) is 0 Å².